The molecule has 0 aliphatic rings. The number of nitrogens with one attached hydrogen (secondary N) is 2. The number of aliphatic hydroxyl groups is 1. The summed E-state index contributed by atoms with van der Waals surface area (Å²) in [5.74, 6) is -1.77. The van der Waals surface area contributed by atoms with Crippen molar-refractivity contribution in [2.45, 2.75) is 6.10 Å². The summed E-state index contributed by atoms with van der Waals surface area (Å²) in [6, 6.07) is -1.38. The van der Waals surface area contributed by atoms with Crippen LogP contribution in [0, 0.1) is 0 Å². The minimum atomic E-state index is -2.66. The van der Waals surface area contributed by atoms with Crippen LogP contribution in [0.3, 0.4) is 0 Å². The Morgan fingerprint density at radius 2 is 1.93 bits per heavy atom. The molecule has 150 valence electrons. The van der Waals surface area contributed by atoms with E-state index in [0.717, 1.165) is 0 Å². The molecule has 3 aromatic rings. The summed E-state index contributed by atoms with van der Waals surface area (Å²) < 4.78 is 98.3. The van der Waals surface area contributed by atoms with Gasteiger partial charge in [-0.1, -0.05) is 47.9 Å². The van der Waals surface area contributed by atoms with Gasteiger partial charge >= 0.3 is 5.97 Å². The molecule has 0 saturated carbocycles. The van der Waals surface area contributed by atoms with Gasteiger partial charge < -0.3 is 20.8 Å². The van der Waals surface area contributed by atoms with Crippen molar-refractivity contribution in [3.05, 3.63) is 88.8 Å². The molecule has 0 unspecified atom stereocenters. The molecule has 0 radical (unpaired) electrons. The summed E-state index contributed by atoms with van der Waals surface area (Å²) >= 11 is 5.89. The first-order valence-corrected chi connectivity index (χ1v) is 8.61. The zero-order chi connectivity index (χ0) is 31.2. The van der Waals surface area contributed by atoms with E-state index in [9.17, 15) is 15.0 Å². The van der Waals surface area contributed by atoms with E-state index < -0.39 is 102 Å². The van der Waals surface area contributed by atoms with Crippen molar-refractivity contribution in [2.75, 3.05) is 24.9 Å². The van der Waals surface area contributed by atoms with Crippen molar-refractivity contribution in [2.24, 2.45) is 0 Å². The van der Waals surface area contributed by atoms with Crippen LogP contribution in [0.4, 0.5) is 5.69 Å². The lowest BCUT2D eigenvalue weighted by Gasteiger charge is -2.13. The van der Waals surface area contributed by atoms with Crippen LogP contribution < -0.4 is 10.6 Å². The number of halogens is 1. The van der Waals surface area contributed by atoms with E-state index in [1.807, 2.05) is 0 Å². The molecule has 0 bridgehead atoms. The van der Waals surface area contributed by atoms with Crippen molar-refractivity contribution >= 4 is 23.3 Å². The average Bonchev–Trinajstić information content (AvgIpc) is 2.89. The molecular weight excluding hydrogens is 388 g/mol. The Balaban J connectivity index is 2.05. The Morgan fingerprint density at radius 1 is 1.17 bits per heavy atom. The lowest BCUT2D eigenvalue weighted by molar-refractivity contribution is 0.0697. The fourth-order valence-corrected chi connectivity index (χ4v) is 2.39. The standard InChI is InChI=1S/C23H23ClN2O3/c24-20-8-2-6-18(13-20)22(27)15-25-10-11-26-21-9-3-5-17(14-21)16-4-1-7-19(12-16)23(28)29/h1-9,12-14,22,25-27H,10-11,15H2,(H,28,29)/t22-/m0/s1/i1D,3D,4D,5D,7D,9D,11D2,12D,14D,15D2. The van der Waals surface area contributed by atoms with Gasteiger partial charge in [0.25, 0.3) is 0 Å². The first-order chi connectivity index (χ1) is 18.8. The third kappa shape index (κ3) is 6.06. The Labute approximate surface area is 191 Å². The van der Waals surface area contributed by atoms with Crippen LogP contribution in [-0.4, -0.2) is 35.7 Å². The van der Waals surface area contributed by atoms with E-state index in [1.54, 1.807) is 0 Å². The van der Waals surface area contributed by atoms with Crippen molar-refractivity contribution in [1.82, 2.24) is 5.32 Å². The van der Waals surface area contributed by atoms with Gasteiger partial charge in [0.05, 0.1) is 25.4 Å². The zero-order valence-corrected chi connectivity index (χ0v) is 15.5. The van der Waals surface area contributed by atoms with Gasteiger partial charge in [0.2, 0.25) is 0 Å². The lowest BCUT2D eigenvalue weighted by atomic mass is 10.0. The topological polar surface area (TPSA) is 81.6 Å². The van der Waals surface area contributed by atoms with Gasteiger partial charge in [0.1, 0.15) is 0 Å². The second kappa shape index (κ2) is 10.1. The number of hydrogen-bond acceptors (Lipinski definition) is 4. The van der Waals surface area contributed by atoms with Gasteiger partial charge in [-0.05, 0) is 53.0 Å². The van der Waals surface area contributed by atoms with E-state index in [4.69, 9.17) is 28.1 Å². The minimum Gasteiger partial charge on any atom is -0.478 e. The van der Waals surface area contributed by atoms with Crippen molar-refractivity contribution < 1.29 is 31.5 Å². The summed E-state index contributed by atoms with van der Waals surface area (Å²) in [6.45, 7) is -6.12. The molecule has 0 aliphatic carbocycles. The third-order valence-corrected chi connectivity index (χ3v) is 3.74. The number of carboxylic acids is 1. The number of carbonyl (C=O) groups is 1. The van der Waals surface area contributed by atoms with Crippen molar-refractivity contribution in [3.63, 3.8) is 0 Å². The highest BCUT2D eigenvalue weighted by atomic mass is 35.5. The highest BCUT2D eigenvalue weighted by Gasteiger charge is 2.07. The second-order valence-electron chi connectivity index (χ2n) is 5.56. The largest absolute Gasteiger partial charge is 0.478 e. The monoisotopic (exact) mass is 422 g/mol. The van der Waals surface area contributed by atoms with E-state index in [2.05, 4.69) is 10.6 Å². The van der Waals surface area contributed by atoms with Crippen LogP contribution in [0.5, 0.6) is 0 Å². The summed E-state index contributed by atoms with van der Waals surface area (Å²) in [4.78, 5) is 11.7. The zero-order valence-electron chi connectivity index (χ0n) is 26.8. The highest BCUT2D eigenvalue weighted by Crippen LogP contribution is 2.23. The molecule has 6 heteroatoms. The van der Waals surface area contributed by atoms with E-state index in [-0.39, 0.29) is 10.6 Å². The Morgan fingerprint density at radius 3 is 2.69 bits per heavy atom. The van der Waals surface area contributed by atoms with E-state index >= 15 is 0 Å². The number of carboxylic acid groups (broad SMARTS) is 1. The molecule has 0 aliphatic heterocycles. The maximum absolute atomic E-state index is 11.7. The van der Waals surface area contributed by atoms with E-state index in [1.165, 1.54) is 24.3 Å². The van der Waals surface area contributed by atoms with Crippen LogP contribution in [0.15, 0.2) is 72.6 Å². The predicted molar refractivity (Wildman–Crippen MR) is 117 cm³/mol. The summed E-state index contributed by atoms with van der Waals surface area (Å²) in [5.41, 5.74) is -2.99. The molecule has 0 saturated heterocycles. The first-order valence-electron chi connectivity index (χ1n) is 14.2. The maximum atomic E-state index is 11.7. The Hall–Kier alpha value is -2.86. The maximum Gasteiger partial charge on any atom is 0.335 e. The number of aromatic carboxylic acids is 1. The number of hydrogen-bond donors (Lipinski definition) is 4. The number of aliphatic hydroxyl groups excluding tert-OH is 1. The normalized spacial score (nSPS) is 18.7. The van der Waals surface area contributed by atoms with Gasteiger partial charge in [0, 0.05) is 33.0 Å². The molecule has 5 nitrogen and oxygen atoms in total. The minimum absolute atomic E-state index is 0.102. The van der Waals surface area contributed by atoms with E-state index in [0.29, 0.717) is 0 Å². The number of rotatable bonds is 9. The molecule has 0 fully saturated rings. The van der Waals surface area contributed by atoms with Crippen molar-refractivity contribution in [3.8, 4) is 11.1 Å². The average molecular weight is 423 g/mol. The molecule has 0 amide bonds. The molecule has 3 rings (SSSR count). The Kier molecular flexibility index (Phi) is 3.56. The fraction of sp³-hybridized carbons (Fsp3) is 0.174. The van der Waals surface area contributed by atoms with Gasteiger partial charge in [-0.15, -0.1) is 0 Å². The Bertz CT molecular complexity index is 1540. The van der Waals surface area contributed by atoms with Gasteiger partial charge in [-0.3, -0.25) is 0 Å². The van der Waals surface area contributed by atoms with Crippen molar-refractivity contribution in [1.29, 1.82) is 0 Å². The SMILES string of the molecule is [2H]c1c([2H])c(NC([2H])([2H])CNC([2H])([2H])[C@H](O)c2cccc(Cl)c2)c([2H])c(-c2c([2H])c([2H])c([2H])c(C(=O)O)c2[2H])c1[2H]. The molecule has 4 N–H and O–H groups in total. The van der Waals surface area contributed by atoms with Crippen LogP contribution >= 0.6 is 11.6 Å². The van der Waals surface area contributed by atoms with Gasteiger partial charge in [-0.2, -0.15) is 0 Å². The van der Waals surface area contributed by atoms with Crippen LogP contribution in [0.25, 0.3) is 11.1 Å². The van der Waals surface area contributed by atoms with Crippen LogP contribution in [0.2, 0.25) is 5.02 Å². The quantitative estimate of drug-likeness (QED) is 0.410. The lowest BCUT2D eigenvalue weighted by Crippen LogP contribution is -2.26. The summed E-state index contributed by atoms with van der Waals surface area (Å²) in [5, 5.41) is 24.6. The third-order valence-electron chi connectivity index (χ3n) is 3.51. The summed E-state index contributed by atoms with van der Waals surface area (Å²) in [7, 11) is 0. The fourth-order valence-electron chi connectivity index (χ4n) is 2.19. The molecule has 1 atom stereocenters. The number of benzene rings is 3. The van der Waals surface area contributed by atoms with Gasteiger partial charge in [-0.25, -0.2) is 4.79 Å². The van der Waals surface area contributed by atoms with Crippen LogP contribution in [-0.2, 0) is 0 Å². The highest BCUT2D eigenvalue weighted by molar-refractivity contribution is 6.30. The molecule has 3 aromatic carbocycles. The first kappa shape index (κ1) is 10.3. The molecule has 0 spiro atoms. The second-order valence-corrected chi connectivity index (χ2v) is 6.00. The summed E-state index contributed by atoms with van der Waals surface area (Å²) in [6.07, 6.45) is -1.78. The molecular formula is C23H23ClN2O3. The molecule has 0 aromatic heterocycles. The van der Waals surface area contributed by atoms with Gasteiger partial charge in [0.15, 0.2) is 0 Å². The smallest absolute Gasteiger partial charge is 0.335 e. The van der Waals surface area contributed by atoms with Crippen LogP contribution in [0.1, 0.15) is 38.5 Å². The number of anilines is 1. The molecule has 0 heterocycles. The molecule has 29 heavy (non-hydrogen) atoms. The predicted octanol–water partition coefficient (Wildman–Crippen LogP) is 4.44.